The van der Waals surface area contributed by atoms with Crippen LogP contribution in [0.1, 0.15) is 12.5 Å². The summed E-state index contributed by atoms with van der Waals surface area (Å²) in [6, 6.07) is 19.1. The van der Waals surface area contributed by atoms with E-state index in [4.69, 9.17) is 0 Å². The zero-order valence-corrected chi connectivity index (χ0v) is 12.2. The van der Waals surface area contributed by atoms with E-state index in [1.807, 2.05) is 19.1 Å². The third-order valence-corrected chi connectivity index (χ3v) is 3.14. The summed E-state index contributed by atoms with van der Waals surface area (Å²) in [5.41, 5.74) is 3.71. The highest BCUT2D eigenvalue weighted by molar-refractivity contribution is 5.63. The number of rotatable bonds is 5. The largest absolute Gasteiger partial charge is 0.338 e. The molecule has 0 atom stereocenters. The van der Waals surface area contributed by atoms with Gasteiger partial charge in [-0.1, -0.05) is 60.2 Å². The average Bonchev–Trinajstić information content (AvgIpc) is 2.50. The van der Waals surface area contributed by atoms with Crippen LogP contribution in [0.15, 0.2) is 78.9 Å². The van der Waals surface area contributed by atoms with Crippen LogP contribution in [0.2, 0.25) is 0 Å². The van der Waals surface area contributed by atoms with Gasteiger partial charge in [-0.25, -0.2) is 0 Å². The third kappa shape index (κ3) is 3.86. The van der Waals surface area contributed by atoms with E-state index in [2.05, 4.69) is 78.6 Å². The molecular formula is C19H21N. The smallest absolute Gasteiger partial charge is 0.0415 e. The number of benzene rings is 2. The van der Waals surface area contributed by atoms with Crippen LogP contribution in [0.4, 0.5) is 11.4 Å². The first-order valence-electron chi connectivity index (χ1n) is 6.98. The van der Waals surface area contributed by atoms with Crippen LogP contribution in [0.3, 0.4) is 0 Å². The van der Waals surface area contributed by atoms with Crippen LogP contribution < -0.4 is 4.90 Å². The molecule has 0 bridgehead atoms. The molecule has 0 aromatic heterocycles. The maximum Gasteiger partial charge on any atom is 0.0415 e. The molecule has 2 aromatic carbocycles. The first-order valence-corrected chi connectivity index (χ1v) is 6.98. The van der Waals surface area contributed by atoms with Crippen molar-refractivity contribution < 1.29 is 0 Å². The summed E-state index contributed by atoms with van der Waals surface area (Å²) in [5.74, 6) is 0. The Morgan fingerprint density at radius 2 is 1.50 bits per heavy atom. The predicted molar refractivity (Wildman–Crippen MR) is 88.6 cm³/mol. The van der Waals surface area contributed by atoms with Gasteiger partial charge in [0.2, 0.25) is 0 Å². The summed E-state index contributed by atoms with van der Waals surface area (Å²) < 4.78 is 0. The Morgan fingerprint density at radius 1 is 0.850 bits per heavy atom. The molecule has 2 rings (SSSR count). The van der Waals surface area contributed by atoms with E-state index in [0.29, 0.717) is 0 Å². The van der Waals surface area contributed by atoms with Gasteiger partial charge in [-0.3, -0.25) is 0 Å². The van der Waals surface area contributed by atoms with Crippen LogP contribution in [0.5, 0.6) is 0 Å². The van der Waals surface area contributed by atoms with E-state index in [9.17, 15) is 0 Å². The maximum absolute atomic E-state index is 2.30. The van der Waals surface area contributed by atoms with E-state index in [-0.39, 0.29) is 0 Å². The van der Waals surface area contributed by atoms with E-state index in [0.717, 1.165) is 6.54 Å². The molecule has 0 saturated heterocycles. The molecule has 0 unspecified atom stereocenters. The minimum absolute atomic E-state index is 0.859. The number of hydrogen-bond donors (Lipinski definition) is 0. The number of allylic oxidation sites excluding steroid dienone is 3. The molecule has 20 heavy (non-hydrogen) atoms. The highest BCUT2D eigenvalue weighted by Crippen LogP contribution is 2.25. The molecule has 0 radical (unpaired) electrons. The van der Waals surface area contributed by atoms with Gasteiger partial charge in [0.25, 0.3) is 0 Å². The normalized spacial score (nSPS) is 11.3. The van der Waals surface area contributed by atoms with Crippen LogP contribution in [-0.2, 0) is 0 Å². The van der Waals surface area contributed by atoms with Crippen molar-refractivity contribution in [2.75, 3.05) is 11.4 Å². The lowest BCUT2D eigenvalue weighted by Gasteiger charge is -2.23. The van der Waals surface area contributed by atoms with Crippen LogP contribution in [0.25, 0.3) is 0 Å². The quantitative estimate of drug-likeness (QED) is 0.665. The molecule has 0 aliphatic heterocycles. The van der Waals surface area contributed by atoms with Crippen molar-refractivity contribution in [3.63, 3.8) is 0 Å². The number of nitrogens with zero attached hydrogens (tertiary/aromatic N) is 1. The third-order valence-electron chi connectivity index (χ3n) is 3.14. The minimum atomic E-state index is 0.859. The van der Waals surface area contributed by atoms with Gasteiger partial charge >= 0.3 is 0 Å². The summed E-state index contributed by atoms with van der Waals surface area (Å²) in [7, 11) is 0. The van der Waals surface area contributed by atoms with Gasteiger partial charge in [0.05, 0.1) is 0 Å². The lowest BCUT2D eigenvalue weighted by Crippen LogP contribution is -2.16. The molecule has 0 heterocycles. The lowest BCUT2D eigenvalue weighted by molar-refractivity contribution is 1.09. The summed E-state index contributed by atoms with van der Waals surface area (Å²) in [6.07, 6.45) is 8.35. The lowest BCUT2D eigenvalue weighted by atomic mass is 10.2. The van der Waals surface area contributed by atoms with Crippen molar-refractivity contribution in [1.29, 1.82) is 0 Å². The average molecular weight is 263 g/mol. The van der Waals surface area contributed by atoms with Gasteiger partial charge in [-0.05, 0) is 38.1 Å². The molecule has 0 spiro atoms. The molecule has 0 N–H and O–H groups in total. The van der Waals surface area contributed by atoms with Crippen molar-refractivity contribution in [2.24, 2.45) is 0 Å². The van der Waals surface area contributed by atoms with Crippen LogP contribution >= 0.6 is 0 Å². The van der Waals surface area contributed by atoms with Gasteiger partial charge in [-0.2, -0.15) is 0 Å². The molecule has 102 valence electrons. The zero-order chi connectivity index (χ0) is 14.2. The molecule has 0 saturated carbocycles. The molecule has 1 nitrogen and oxygen atoms in total. The summed E-state index contributed by atoms with van der Waals surface area (Å²) in [5, 5.41) is 0. The van der Waals surface area contributed by atoms with Gasteiger partial charge in [0.15, 0.2) is 0 Å². The van der Waals surface area contributed by atoms with Crippen molar-refractivity contribution >= 4 is 11.4 Å². The first-order chi connectivity index (χ1) is 9.81. The number of anilines is 2. The fourth-order valence-electron chi connectivity index (χ4n) is 2.05. The van der Waals surface area contributed by atoms with Gasteiger partial charge < -0.3 is 4.90 Å². The van der Waals surface area contributed by atoms with Crippen molar-refractivity contribution in [1.82, 2.24) is 0 Å². The predicted octanol–water partition coefficient (Wildman–Crippen LogP) is 5.27. The highest BCUT2D eigenvalue weighted by atomic mass is 15.1. The second-order valence-electron chi connectivity index (χ2n) is 4.74. The van der Waals surface area contributed by atoms with Crippen LogP contribution in [-0.4, -0.2) is 6.54 Å². The van der Waals surface area contributed by atoms with Gasteiger partial charge in [0, 0.05) is 17.9 Å². The summed E-state index contributed by atoms with van der Waals surface area (Å²) in [4.78, 5) is 2.30. The number of aryl methyl sites for hydroxylation is 1. The molecule has 0 aliphatic rings. The van der Waals surface area contributed by atoms with E-state index in [1.165, 1.54) is 16.9 Å². The van der Waals surface area contributed by atoms with E-state index < -0.39 is 0 Å². The zero-order valence-electron chi connectivity index (χ0n) is 12.2. The van der Waals surface area contributed by atoms with E-state index >= 15 is 0 Å². The Morgan fingerprint density at radius 3 is 2.15 bits per heavy atom. The molecular weight excluding hydrogens is 242 g/mol. The van der Waals surface area contributed by atoms with Crippen molar-refractivity contribution in [3.05, 3.63) is 84.5 Å². The van der Waals surface area contributed by atoms with Crippen molar-refractivity contribution in [3.8, 4) is 0 Å². The second-order valence-corrected chi connectivity index (χ2v) is 4.74. The highest BCUT2D eigenvalue weighted by Gasteiger charge is 2.06. The monoisotopic (exact) mass is 263 g/mol. The Labute approximate surface area is 121 Å². The Hall–Kier alpha value is -2.28. The summed E-state index contributed by atoms with van der Waals surface area (Å²) in [6.45, 7) is 5.00. The molecule has 0 aliphatic carbocycles. The first kappa shape index (κ1) is 14.1. The van der Waals surface area contributed by atoms with Gasteiger partial charge in [0.1, 0.15) is 0 Å². The fraction of sp³-hybridized carbons (Fsp3) is 0.158. The Kier molecular flexibility index (Phi) is 5.19. The summed E-state index contributed by atoms with van der Waals surface area (Å²) >= 11 is 0. The van der Waals surface area contributed by atoms with Crippen LogP contribution in [0, 0.1) is 6.92 Å². The maximum atomic E-state index is 2.30. The number of para-hydroxylation sites is 1. The van der Waals surface area contributed by atoms with E-state index in [1.54, 1.807) is 0 Å². The second kappa shape index (κ2) is 7.34. The number of hydrogen-bond acceptors (Lipinski definition) is 1. The molecule has 0 fully saturated rings. The SMILES string of the molecule is C/C=C\C=C/CN(c1ccccc1)c1ccc(C)cc1. The van der Waals surface area contributed by atoms with Gasteiger partial charge in [-0.15, -0.1) is 0 Å². The fourth-order valence-corrected chi connectivity index (χ4v) is 2.05. The Bertz CT molecular complexity index is 564. The molecule has 0 amide bonds. The standard InChI is InChI=1S/C19H21N/c1-3-4-5-9-16-20(18-10-7-6-8-11-18)19-14-12-17(2)13-15-19/h3-15H,16H2,1-2H3/b4-3-,9-5-. The molecule has 1 heteroatoms. The molecule has 2 aromatic rings. The minimum Gasteiger partial charge on any atom is -0.338 e. The Balaban J connectivity index is 2.26. The van der Waals surface area contributed by atoms with Crippen molar-refractivity contribution in [2.45, 2.75) is 13.8 Å². The topological polar surface area (TPSA) is 3.24 Å².